The van der Waals surface area contributed by atoms with Crippen LogP contribution in [0.5, 0.6) is 5.75 Å². The second-order valence-corrected chi connectivity index (χ2v) is 7.99. The Hall–Kier alpha value is -3.72. The second-order valence-electron chi connectivity index (χ2n) is 7.99. The van der Waals surface area contributed by atoms with E-state index in [0.717, 1.165) is 30.0 Å². The summed E-state index contributed by atoms with van der Waals surface area (Å²) < 4.78 is 15.3. The molecule has 1 saturated heterocycles. The van der Waals surface area contributed by atoms with Gasteiger partial charge in [-0.15, -0.1) is 5.10 Å². The van der Waals surface area contributed by atoms with Crippen molar-refractivity contribution in [2.45, 2.75) is 25.5 Å². The average molecular weight is 434 g/mol. The van der Waals surface area contributed by atoms with Crippen LogP contribution in [0.2, 0.25) is 0 Å². The lowest BCUT2D eigenvalue weighted by atomic mass is 10.1. The normalized spacial score (nSPS) is 17.1. The molecule has 0 amide bonds. The van der Waals surface area contributed by atoms with Gasteiger partial charge in [-0.3, -0.25) is 4.98 Å². The van der Waals surface area contributed by atoms with E-state index in [1.807, 2.05) is 25.1 Å². The lowest BCUT2D eigenvalue weighted by molar-refractivity contribution is 0.198. The van der Waals surface area contributed by atoms with Crippen molar-refractivity contribution in [2.75, 3.05) is 23.3 Å². The molecule has 3 aromatic heterocycles. The highest BCUT2D eigenvalue weighted by Gasteiger charge is 2.21. The number of β-amino-alcohol motifs (C(OH)–C–C–N with tert-alkyl or cyclic N) is 1. The average Bonchev–Trinajstić information content (AvgIpc) is 3.41. The number of nitrogens with zero attached hydrogens (tertiary/aromatic N) is 5. The van der Waals surface area contributed by atoms with E-state index in [9.17, 15) is 14.6 Å². The van der Waals surface area contributed by atoms with Crippen LogP contribution in [0.3, 0.4) is 0 Å². The molecule has 164 valence electrons. The summed E-state index contributed by atoms with van der Waals surface area (Å²) in [4.78, 5) is 11.1. The highest BCUT2D eigenvalue weighted by Crippen LogP contribution is 2.29. The van der Waals surface area contributed by atoms with Gasteiger partial charge < -0.3 is 20.4 Å². The van der Waals surface area contributed by atoms with Crippen LogP contribution in [0.15, 0.2) is 54.9 Å². The summed E-state index contributed by atoms with van der Waals surface area (Å²) in [6.07, 6.45) is 3.91. The molecule has 4 heterocycles. The third kappa shape index (κ3) is 3.82. The lowest BCUT2D eigenvalue weighted by Gasteiger charge is -2.18. The van der Waals surface area contributed by atoms with Crippen LogP contribution >= 0.6 is 0 Å². The van der Waals surface area contributed by atoms with Crippen molar-refractivity contribution in [1.82, 2.24) is 19.6 Å². The van der Waals surface area contributed by atoms with Crippen LogP contribution < -0.4 is 10.2 Å². The third-order valence-electron chi connectivity index (χ3n) is 5.72. The van der Waals surface area contributed by atoms with E-state index in [2.05, 4.69) is 25.3 Å². The molecule has 1 aliphatic heterocycles. The molecule has 0 aliphatic carbocycles. The number of aromatic nitrogens is 4. The number of halogens is 1. The number of anilines is 2. The van der Waals surface area contributed by atoms with Crippen LogP contribution in [0, 0.1) is 5.82 Å². The fourth-order valence-corrected chi connectivity index (χ4v) is 4.03. The van der Waals surface area contributed by atoms with Gasteiger partial charge in [-0.25, -0.2) is 13.9 Å². The summed E-state index contributed by atoms with van der Waals surface area (Å²) in [6.45, 7) is 3.23. The fourth-order valence-electron chi connectivity index (χ4n) is 4.03. The molecule has 0 spiro atoms. The molecule has 1 aliphatic rings. The maximum Gasteiger partial charge on any atom is 0.154 e. The van der Waals surface area contributed by atoms with E-state index in [1.165, 1.54) is 18.2 Å². The minimum atomic E-state index is -0.414. The minimum Gasteiger partial charge on any atom is -0.508 e. The molecule has 32 heavy (non-hydrogen) atoms. The summed E-state index contributed by atoms with van der Waals surface area (Å²) in [6, 6.07) is 11.0. The number of aliphatic hydroxyl groups excluding tert-OH is 1. The molecule has 0 saturated carbocycles. The molecule has 8 nitrogen and oxygen atoms in total. The first-order valence-electron chi connectivity index (χ1n) is 10.5. The smallest absolute Gasteiger partial charge is 0.154 e. The van der Waals surface area contributed by atoms with Gasteiger partial charge in [-0.1, -0.05) is 0 Å². The number of hydrogen-bond donors (Lipinski definition) is 3. The Kier molecular flexibility index (Phi) is 5.10. The van der Waals surface area contributed by atoms with E-state index < -0.39 is 5.82 Å². The van der Waals surface area contributed by atoms with E-state index >= 15 is 0 Å². The number of fused-ring (bicyclic) bond motifs is 1. The molecular formula is C23H23FN6O2. The molecule has 0 unspecified atom stereocenters. The van der Waals surface area contributed by atoms with Crippen molar-refractivity contribution < 1.29 is 14.6 Å². The van der Waals surface area contributed by atoms with Crippen molar-refractivity contribution >= 4 is 17.2 Å². The van der Waals surface area contributed by atoms with Gasteiger partial charge in [0.05, 0.1) is 24.0 Å². The quantitative estimate of drug-likeness (QED) is 0.443. The topological polar surface area (TPSA) is 98.8 Å². The SMILES string of the molecule is C[C@@H](Nc1ccc2ncc(-c3cc(N4CC[C@H](O)C4)ccn3)n2n1)c1cc(F)ccc1O. The van der Waals surface area contributed by atoms with Gasteiger partial charge in [-0.05, 0) is 55.8 Å². The Morgan fingerprint density at radius 1 is 1.16 bits per heavy atom. The molecule has 9 heteroatoms. The number of benzene rings is 1. The van der Waals surface area contributed by atoms with Crippen LogP contribution in [0.4, 0.5) is 15.9 Å². The number of aromatic hydroxyl groups is 1. The van der Waals surface area contributed by atoms with Crippen LogP contribution in [-0.2, 0) is 0 Å². The highest BCUT2D eigenvalue weighted by atomic mass is 19.1. The highest BCUT2D eigenvalue weighted by molar-refractivity contribution is 5.65. The zero-order valence-electron chi connectivity index (χ0n) is 17.5. The number of pyridine rings is 1. The van der Waals surface area contributed by atoms with Crippen molar-refractivity contribution in [3.63, 3.8) is 0 Å². The predicted octanol–water partition coefficient (Wildman–Crippen LogP) is 3.38. The number of phenolic OH excluding ortho intramolecular Hbond substituents is 1. The summed E-state index contributed by atoms with van der Waals surface area (Å²) in [7, 11) is 0. The Balaban J connectivity index is 1.45. The summed E-state index contributed by atoms with van der Waals surface area (Å²) in [5, 5.41) is 27.8. The van der Waals surface area contributed by atoms with Crippen LogP contribution in [0.25, 0.3) is 17.0 Å². The first-order valence-corrected chi connectivity index (χ1v) is 10.5. The van der Waals surface area contributed by atoms with Crippen molar-refractivity contribution in [3.05, 3.63) is 66.2 Å². The molecule has 0 bridgehead atoms. The largest absolute Gasteiger partial charge is 0.508 e. The van der Waals surface area contributed by atoms with E-state index in [1.54, 1.807) is 23.0 Å². The summed E-state index contributed by atoms with van der Waals surface area (Å²) in [5.41, 5.74) is 3.55. The molecule has 0 radical (unpaired) electrons. The third-order valence-corrected chi connectivity index (χ3v) is 5.72. The lowest BCUT2D eigenvalue weighted by Crippen LogP contribution is -2.21. The fraction of sp³-hybridized carbons (Fsp3) is 0.261. The maximum absolute atomic E-state index is 13.6. The van der Waals surface area contributed by atoms with Gasteiger partial charge >= 0.3 is 0 Å². The predicted molar refractivity (Wildman–Crippen MR) is 119 cm³/mol. The van der Waals surface area contributed by atoms with Crippen LogP contribution in [0.1, 0.15) is 24.9 Å². The summed E-state index contributed by atoms with van der Waals surface area (Å²) >= 11 is 0. The molecule has 1 aromatic carbocycles. The van der Waals surface area contributed by atoms with Gasteiger partial charge in [0.1, 0.15) is 23.1 Å². The Bertz CT molecular complexity index is 1280. The molecule has 1 fully saturated rings. The molecule has 2 atom stereocenters. The molecule has 5 rings (SSSR count). The molecular weight excluding hydrogens is 411 g/mol. The molecule has 3 N–H and O–H groups in total. The Morgan fingerprint density at radius 2 is 2.03 bits per heavy atom. The number of aliphatic hydroxyl groups is 1. The monoisotopic (exact) mass is 434 g/mol. The zero-order chi connectivity index (χ0) is 22.2. The first kappa shape index (κ1) is 20.2. The van der Waals surface area contributed by atoms with Gasteiger partial charge in [0.25, 0.3) is 0 Å². The molecule has 4 aromatic rings. The van der Waals surface area contributed by atoms with Gasteiger partial charge in [-0.2, -0.15) is 0 Å². The number of nitrogens with one attached hydrogen (secondary N) is 1. The number of rotatable bonds is 5. The number of hydrogen-bond acceptors (Lipinski definition) is 7. The maximum atomic E-state index is 13.6. The zero-order valence-corrected chi connectivity index (χ0v) is 17.5. The minimum absolute atomic E-state index is 0.0174. The van der Waals surface area contributed by atoms with Crippen molar-refractivity contribution in [1.29, 1.82) is 0 Å². The second kappa shape index (κ2) is 8.08. The van der Waals surface area contributed by atoms with Gasteiger partial charge in [0.15, 0.2) is 5.65 Å². The van der Waals surface area contributed by atoms with Gasteiger partial charge in [0, 0.05) is 30.5 Å². The van der Waals surface area contributed by atoms with E-state index in [-0.39, 0.29) is 17.9 Å². The Labute approximate surface area is 184 Å². The van der Waals surface area contributed by atoms with Crippen molar-refractivity contribution in [3.8, 4) is 17.1 Å². The number of phenols is 1. The standard InChI is InChI=1S/C23H23FN6O2/c1-14(18-10-15(24)2-3-21(18)32)27-22-4-5-23-26-12-20(30(23)28-22)19-11-16(6-8-25-19)29-9-7-17(31)13-29/h2-6,8,10-12,14,17,31-32H,7,9,13H2,1H3,(H,27,28)/t14-,17+/m1/s1. The Morgan fingerprint density at radius 3 is 2.84 bits per heavy atom. The van der Waals surface area contributed by atoms with E-state index in [4.69, 9.17) is 0 Å². The summed E-state index contributed by atoms with van der Waals surface area (Å²) in [5.74, 6) is 0.152. The van der Waals surface area contributed by atoms with Gasteiger partial charge in [0.2, 0.25) is 0 Å². The van der Waals surface area contributed by atoms with E-state index in [0.29, 0.717) is 23.6 Å². The van der Waals surface area contributed by atoms with Crippen LogP contribution in [-0.4, -0.2) is 49.0 Å². The first-order chi connectivity index (χ1) is 15.5. The number of imidazole rings is 1. The van der Waals surface area contributed by atoms with Crippen molar-refractivity contribution in [2.24, 2.45) is 0 Å².